The highest BCUT2D eigenvalue weighted by Gasteiger charge is 2.45. The second kappa shape index (κ2) is 9.42. The van der Waals surface area contributed by atoms with Crippen LogP contribution in [0.15, 0.2) is 42.5 Å². The van der Waals surface area contributed by atoms with E-state index in [0.29, 0.717) is 55.2 Å². The molecule has 1 saturated carbocycles. The minimum Gasteiger partial charge on any atom is -0.486 e. The molecule has 1 aliphatic heterocycles. The van der Waals surface area contributed by atoms with E-state index in [1.165, 1.54) is 0 Å². The number of carbonyl (C=O) groups is 3. The molecule has 2 aromatic rings. The van der Waals surface area contributed by atoms with E-state index < -0.39 is 5.41 Å². The molecule has 0 radical (unpaired) electrons. The second-order valence-electron chi connectivity index (χ2n) is 8.13. The molecule has 1 fully saturated rings. The molecule has 1 amide bonds. The summed E-state index contributed by atoms with van der Waals surface area (Å²) in [4.78, 5) is 37.3. The topological polar surface area (TPSA) is 90.9 Å². The molecule has 0 saturated heterocycles. The number of fused-ring (bicyclic) bond motifs is 1. The lowest BCUT2D eigenvalue weighted by Gasteiger charge is -2.28. The molecule has 4 rings (SSSR count). The first-order valence-electron chi connectivity index (χ1n) is 11.0. The average molecular weight is 437 g/mol. The van der Waals surface area contributed by atoms with Crippen molar-refractivity contribution in [3.05, 3.63) is 53.6 Å². The number of amides is 1. The Balaban J connectivity index is 1.43. The summed E-state index contributed by atoms with van der Waals surface area (Å²) < 4.78 is 16.8. The summed E-state index contributed by atoms with van der Waals surface area (Å²) in [6.45, 7) is 2.42. The van der Waals surface area contributed by atoms with Gasteiger partial charge in [0.05, 0.1) is 5.41 Å². The Morgan fingerprint density at radius 1 is 0.969 bits per heavy atom. The average Bonchev–Trinajstić information content (AvgIpc) is 3.33. The highest BCUT2D eigenvalue weighted by molar-refractivity contribution is 5.99. The van der Waals surface area contributed by atoms with Crippen molar-refractivity contribution < 1.29 is 28.6 Å². The normalized spacial score (nSPS) is 16.3. The first-order chi connectivity index (χ1) is 15.5. The number of carbonyl (C=O) groups excluding carboxylic acids is 3. The van der Waals surface area contributed by atoms with Gasteiger partial charge in [-0.25, -0.2) is 0 Å². The molecule has 1 aliphatic carbocycles. The maximum absolute atomic E-state index is 13.2. The largest absolute Gasteiger partial charge is 0.486 e. The molecule has 2 aromatic carbocycles. The summed E-state index contributed by atoms with van der Waals surface area (Å²) in [5.41, 5.74) is 1.11. The van der Waals surface area contributed by atoms with E-state index in [1.807, 2.05) is 18.2 Å². The van der Waals surface area contributed by atoms with E-state index >= 15 is 0 Å². The third-order valence-electron chi connectivity index (χ3n) is 6.09. The predicted octanol–water partition coefficient (Wildman–Crippen LogP) is 4.04. The lowest BCUT2D eigenvalue weighted by Crippen LogP contribution is -2.36. The summed E-state index contributed by atoms with van der Waals surface area (Å²) in [6.07, 6.45) is 3.56. The standard InChI is InChI=1S/C25H27NO6/c1-2-23(28)26-19-8-5-17(6-9-19)20(27)16-32-24(29)25(11-3-4-12-25)18-7-10-21-22(15-18)31-14-13-30-21/h5-10,15H,2-4,11-14,16H2,1H3,(H,26,28). The quantitative estimate of drug-likeness (QED) is 0.519. The molecule has 7 nitrogen and oxygen atoms in total. The molecule has 0 aromatic heterocycles. The number of nitrogens with one attached hydrogen (secondary N) is 1. The Labute approximate surface area is 187 Å². The van der Waals surface area contributed by atoms with Gasteiger partial charge in [-0.15, -0.1) is 0 Å². The summed E-state index contributed by atoms with van der Waals surface area (Å²) in [5.74, 6) is 0.544. The van der Waals surface area contributed by atoms with Crippen LogP contribution < -0.4 is 14.8 Å². The third kappa shape index (κ3) is 4.47. The number of rotatable bonds is 7. The van der Waals surface area contributed by atoms with Crippen LogP contribution in [0.1, 0.15) is 54.9 Å². The van der Waals surface area contributed by atoms with Crippen LogP contribution in [0, 0.1) is 0 Å². The van der Waals surface area contributed by atoms with Crippen molar-refractivity contribution in [3.63, 3.8) is 0 Å². The summed E-state index contributed by atoms with van der Waals surface area (Å²) in [7, 11) is 0. The van der Waals surface area contributed by atoms with Gasteiger partial charge in [0, 0.05) is 17.7 Å². The molecular formula is C25H27NO6. The number of Topliss-reactive ketones (excluding diaryl/α,β-unsaturated/α-hetero) is 1. The van der Waals surface area contributed by atoms with Gasteiger partial charge in [0.2, 0.25) is 5.91 Å². The maximum atomic E-state index is 13.2. The zero-order valence-electron chi connectivity index (χ0n) is 18.1. The van der Waals surface area contributed by atoms with E-state index in [-0.39, 0.29) is 24.3 Å². The monoisotopic (exact) mass is 437 g/mol. The van der Waals surface area contributed by atoms with Crippen LogP contribution in [0.25, 0.3) is 0 Å². The van der Waals surface area contributed by atoms with Gasteiger partial charge in [-0.2, -0.15) is 0 Å². The summed E-state index contributed by atoms with van der Waals surface area (Å²) in [6, 6.07) is 12.2. The van der Waals surface area contributed by atoms with Crippen molar-refractivity contribution in [2.24, 2.45) is 0 Å². The minimum absolute atomic E-state index is 0.0981. The van der Waals surface area contributed by atoms with Gasteiger partial charge in [-0.3, -0.25) is 14.4 Å². The highest BCUT2D eigenvalue weighted by Crippen LogP contribution is 2.45. The van der Waals surface area contributed by atoms with E-state index in [4.69, 9.17) is 14.2 Å². The molecule has 1 N–H and O–H groups in total. The van der Waals surface area contributed by atoms with Gasteiger partial charge in [0.15, 0.2) is 23.9 Å². The Hall–Kier alpha value is -3.35. The lowest BCUT2D eigenvalue weighted by molar-refractivity contribution is -0.149. The summed E-state index contributed by atoms with van der Waals surface area (Å²) in [5, 5.41) is 2.74. The van der Waals surface area contributed by atoms with Crippen LogP contribution in [-0.2, 0) is 19.7 Å². The van der Waals surface area contributed by atoms with Gasteiger partial charge < -0.3 is 19.5 Å². The number of hydrogen-bond donors (Lipinski definition) is 1. The van der Waals surface area contributed by atoms with E-state index in [9.17, 15) is 14.4 Å². The number of hydrogen-bond acceptors (Lipinski definition) is 6. The minimum atomic E-state index is -0.773. The van der Waals surface area contributed by atoms with Crippen LogP contribution in [0.2, 0.25) is 0 Å². The fourth-order valence-corrected chi connectivity index (χ4v) is 4.27. The number of esters is 1. The maximum Gasteiger partial charge on any atom is 0.317 e. The molecule has 1 heterocycles. The predicted molar refractivity (Wildman–Crippen MR) is 118 cm³/mol. The van der Waals surface area contributed by atoms with E-state index in [1.54, 1.807) is 31.2 Å². The van der Waals surface area contributed by atoms with Crippen LogP contribution in [0.3, 0.4) is 0 Å². The molecule has 0 bridgehead atoms. The van der Waals surface area contributed by atoms with Crippen molar-refractivity contribution in [1.29, 1.82) is 0 Å². The molecule has 0 unspecified atom stereocenters. The number of ketones is 1. The molecule has 0 spiro atoms. The van der Waals surface area contributed by atoms with Gasteiger partial charge in [0.1, 0.15) is 13.2 Å². The number of ether oxygens (including phenoxy) is 3. The SMILES string of the molecule is CCC(=O)Nc1ccc(C(=O)COC(=O)C2(c3ccc4c(c3)OCCO4)CCCC2)cc1. The molecular weight excluding hydrogens is 410 g/mol. The Morgan fingerprint density at radius 3 is 2.34 bits per heavy atom. The number of benzene rings is 2. The van der Waals surface area contributed by atoms with Gasteiger partial charge in [-0.05, 0) is 54.8 Å². The first kappa shape index (κ1) is 21.9. The first-order valence-corrected chi connectivity index (χ1v) is 11.0. The smallest absolute Gasteiger partial charge is 0.317 e. The molecule has 0 atom stereocenters. The van der Waals surface area contributed by atoms with Gasteiger partial charge in [0.25, 0.3) is 0 Å². The lowest BCUT2D eigenvalue weighted by atomic mass is 9.78. The Bertz CT molecular complexity index is 1010. The second-order valence-corrected chi connectivity index (χ2v) is 8.13. The van der Waals surface area contributed by atoms with Gasteiger partial charge in [-0.1, -0.05) is 25.8 Å². The van der Waals surface area contributed by atoms with Crippen molar-refractivity contribution in [2.45, 2.75) is 44.4 Å². The van der Waals surface area contributed by atoms with Crippen molar-refractivity contribution in [1.82, 2.24) is 0 Å². The molecule has 2 aliphatic rings. The molecule has 168 valence electrons. The van der Waals surface area contributed by atoms with E-state index in [2.05, 4.69) is 5.32 Å². The van der Waals surface area contributed by atoms with E-state index in [0.717, 1.165) is 18.4 Å². The zero-order valence-corrected chi connectivity index (χ0v) is 18.1. The molecule has 32 heavy (non-hydrogen) atoms. The van der Waals surface area contributed by atoms with Gasteiger partial charge >= 0.3 is 5.97 Å². The molecule has 7 heteroatoms. The van der Waals surface area contributed by atoms with Crippen LogP contribution in [0.5, 0.6) is 11.5 Å². The van der Waals surface area contributed by atoms with Crippen molar-refractivity contribution >= 4 is 23.3 Å². The highest BCUT2D eigenvalue weighted by atomic mass is 16.6. The van der Waals surface area contributed by atoms with Crippen molar-refractivity contribution in [3.8, 4) is 11.5 Å². The van der Waals surface area contributed by atoms with Crippen LogP contribution in [-0.4, -0.2) is 37.5 Å². The Morgan fingerprint density at radius 2 is 1.66 bits per heavy atom. The van der Waals surface area contributed by atoms with Crippen LogP contribution in [0.4, 0.5) is 5.69 Å². The fraction of sp³-hybridized carbons (Fsp3) is 0.400. The third-order valence-corrected chi connectivity index (χ3v) is 6.09. The van der Waals surface area contributed by atoms with Crippen LogP contribution >= 0.6 is 0 Å². The summed E-state index contributed by atoms with van der Waals surface area (Å²) >= 11 is 0. The van der Waals surface area contributed by atoms with Crippen molar-refractivity contribution in [2.75, 3.05) is 25.1 Å². The number of anilines is 1. The zero-order chi connectivity index (χ0) is 22.6. The Kier molecular flexibility index (Phi) is 6.44. The fourth-order valence-electron chi connectivity index (χ4n) is 4.27.